The summed E-state index contributed by atoms with van der Waals surface area (Å²) in [5.74, 6) is -0.757. The van der Waals surface area contributed by atoms with Crippen LogP contribution >= 0.6 is 11.6 Å². The quantitative estimate of drug-likeness (QED) is 0.818. The fraction of sp³-hybridized carbons (Fsp3) is 0.294. The second-order valence-corrected chi connectivity index (χ2v) is 5.45. The molecule has 1 N–H and O–H groups in total. The summed E-state index contributed by atoms with van der Waals surface area (Å²) < 4.78 is 28.1. The number of hydrogen-bond acceptors (Lipinski definition) is 1. The normalized spacial score (nSPS) is 12.4. The maximum Gasteiger partial charge on any atom is 0.146 e. The van der Waals surface area contributed by atoms with Gasteiger partial charge >= 0.3 is 0 Å². The number of aryl methyl sites for hydroxylation is 1. The predicted molar refractivity (Wildman–Crippen MR) is 82.7 cm³/mol. The molecule has 0 aliphatic carbocycles. The Balaban J connectivity index is 2.47. The molecule has 112 valence electrons. The second kappa shape index (κ2) is 7.01. The van der Waals surface area contributed by atoms with E-state index in [1.54, 1.807) is 25.1 Å². The number of rotatable bonds is 5. The molecule has 1 atom stereocenters. The van der Waals surface area contributed by atoms with Gasteiger partial charge in [-0.05, 0) is 43.1 Å². The first-order valence-electron chi connectivity index (χ1n) is 6.98. The molecule has 0 saturated heterocycles. The van der Waals surface area contributed by atoms with Crippen LogP contribution in [0.4, 0.5) is 8.78 Å². The van der Waals surface area contributed by atoms with E-state index in [9.17, 15) is 8.78 Å². The molecule has 1 nitrogen and oxygen atoms in total. The molecule has 2 aromatic carbocycles. The molecule has 0 aliphatic heterocycles. The lowest BCUT2D eigenvalue weighted by Gasteiger charge is -2.21. The van der Waals surface area contributed by atoms with E-state index < -0.39 is 11.9 Å². The second-order valence-electron chi connectivity index (χ2n) is 5.04. The lowest BCUT2D eigenvalue weighted by Crippen LogP contribution is -2.24. The Labute approximate surface area is 128 Å². The van der Waals surface area contributed by atoms with Gasteiger partial charge in [-0.2, -0.15) is 0 Å². The largest absolute Gasteiger partial charge is 0.306 e. The van der Waals surface area contributed by atoms with Crippen LogP contribution in [0.15, 0.2) is 36.4 Å². The highest BCUT2D eigenvalue weighted by Crippen LogP contribution is 2.29. The molecule has 21 heavy (non-hydrogen) atoms. The third-order valence-corrected chi connectivity index (χ3v) is 3.71. The Kier molecular flexibility index (Phi) is 5.32. The van der Waals surface area contributed by atoms with E-state index in [0.29, 0.717) is 23.2 Å². The summed E-state index contributed by atoms with van der Waals surface area (Å²) >= 11 is 5.86. The molecular weight excluding hydrogens is 292 g/mol. The van der Waals surface area contributed by atoms with Gasteiger partial charge in [0.1, 0.15) is 11.6 Å². The summed E-state index contributed by atoms with van der Waals surface area (Å²) in [6.07, 6.45) is 0.896. The van der Waals surface area contributed by atoms with Crippen LogP contribution < -0.4 is 5.32 Å². The average molecular weight is 310 g/mol. The van der Waals surface area contributed by atoms with Gasteiger partial charge in [-0.25, -0.2) is 8.78 Å². The van der Waals surface area contributed by atoms with E-state index in [1.807, 2.05) is 13.0 Å². The molecule has 0 heterocycles. The highest BCUT2D eigenvalue weighted by atomic mass is 35.5. The van der Waals surface area contributed by atoms with E-state index in [4.69, 9.17) is 11.6 Å². The van der Waals surface area contributed by atoms with Crippen LogP contribution in [-0.4, -0.2) is 6.54 Å². The molecule has 0 aliphatic rings. The third kappa shape index (κ3) is 3.60. The Bertz CT molecular complexity index is 628. The minimum Gasteiger partial charge on any atom is -0.306 e. The molecule has 0 bridgehead atoms. The number of halogens is 3. The Morgan fingerprint density at radius 3 is 2.62 bits per heavy atom. The van der Waals surface area contributed by atoms with Crippen molar-refractivity contribution in [1.82, 2.24) is 5.32 Å². The van der Waals surface area contributed by atoms with Gasteiger partial charge in [0.2, 0.25) is 0 Å². The van der Waals surface area contributed by atoms with Crippen molar-refractivity contribution >= 4 is 11.6 Å². The van der Waals surface area contributed by atoms with Crippen LogP contribution in [-0.2, 0) is 0 Å². The van der Waals surface area contributed by atoms with Gasteiger partial charge in [-0.3, -0.25) is 0 Å². The summed E-state index contributed by atoms with van der Waals surface area (Å²) in [7, 11) is 0. The van der Waals surface area contributed by atoms with E-state index >= 15 is 0 Å². The van der Waals surface area contributed by atoms with Crippen molar-refractivity contribution < 1.29 is 8.78 Å². The predicted octanol–water partition coefficient (Wildman–Crippen LogP) is 5.02. The summed E-state index contributed by atoms with van der Waals surface area (Å²) in [4.78, 5) is 0. The van der Waals surface area contributed by atoms with Gasteiger partial charge in [0.15, 0.2) is 0 Å². The zero-order valence-corrected chi connectivity index (χ0v) is 12.8. The molecule has 2 rings (SSSR count). The summed E-state index contributed by atoms with van der Waals surface area (Å²) in [6.45, 7) is 4.42. The third-order valence-electron chi connectivity index (χ3n) is 3.42. The first-order chi connectivity index (χ1) is 10.0. The first-order valence-corrected chi connectivity index (χ1v) is 7.35. The molecule has 1 unspecified atom stereocenters. The molecule has 0 spiro atoms. The van der Waals surface area contributed by atoms with Crippen molar-refractivity contribution in [3.05, 3.63) is 69.7 Å². The fourth-order valence-electron chi connectivity index (χ4n) is 2.23. The molecule has 0 fully saturated rings. The number of hydrogen-bond donors (Lipinski definition) is 1. The first kappa shape index (κ1) is 15.9. The molecular formula is C17H18ClF2N. The Morgan fingerprint density at radius 2 is 1.95 bits per heavy atom. The SMILES string of the molecule is CCCNC(c1ccc(C)c(F)c1)c1cccc(Cl)c1F. The lowest BCUT2D eigenvalue weighted by atomic mass is 9.97. The van der Waals surface area contributed by atoms with Crippen molar-refractivity contribution in [3.63, 3.8) is 0 Å². The van der Waals surface area contributed by atoms with Crippen LogP contribution in [0, 0.1) is 18.6 Å². The van der Waals surface area contributed by atoms with Crippen LogP contribution in [0.1, 0.15) is 36.1 Å². The van der Waals surface area contributed by atoms with Crippen molar-refractivity contribution in [3.8, 4) is 0 Å². The van der Waals surface area contributed by atoms with Crippen LogP contribution in [0.3, 0.4) is 0 Å². The van der Waals surface area contributed by atoms with E-state index in [0.717, 1.165) is 6.42 Å². The number of nitrogens with one attached hydrogen (secondary N) is 1. The molecule has 0 amide bonds. The van der Waals surface area contributed by atoms with E-state index in [1.165, 1.54) is 12.1 Å². The molecule has 0 radical (unpaired) electrons. The maximum absolute atomic E-state index is 14.3. The van der Waals surface area contributed by atoms with Crippen LogP contribution in [0.2, 0.25) is 5.02 Å². The van der Waals surface area contributed by atoms with Gasteiger partial charge in [0.05, 0.1) is 11.1 Å². The van der Waals surface area contributed by atoms with Crippen molar-refractivity contribution in [2.45, 2.75) is 26.3 Å². The minimum atomic E-state index is -0.464. The van der Waals surface area contributed by atoms with Gasteiger partial charge in [0, 0.05) is 5.56 Å². The van der Waals surface area contributed by atoms with Crippen LogP contribution in [0.25, 0.3) is 0 Å². The summed E-state index contributed by atoms with van der Waals surface area (Å²) in [5.41, 5.74) is 1.69. The monoisotopic (exact) mass is 309 g/mol. The van der Waals surface area contributed by atoms with Gasteiger partial charge < -0.3 is 5.32 Å². The molecule has 2 aromatic rings. The summed E-state index contributed by atoms with van der Waals surface area (Å²) in [6, 6.07) is 9.42. The van der Waals surface area contributed by atoms with Gasteiger partial charge in [-0.1, -0.05) is 42.8 Å². The van der Waals surface area contributed by atoms with Gasteiger partial charge in [0.25, 0.3) is 0 Å². The molecule has 0 saturated carbocycles. The standard InChI is InChI=1S/C17H18ClF2N/c1-3-9-21-17(12-8-7-11(2)15(19)10-12)13-5-4-6-14(18)16(13)20/h4-8,10,17,21H,3,9H2,1-2H3. The van der Waals surface area contributed by atoms with Crippen molar-refractivity contribution in [2.75, 3.05) is 6.54 Å². The lowest BCUT2D eigenvalue weighted by molar-refractivity contribution is 0.542. The molecule has 4 heteroatoms. The van der Waals surface area contributed by atoms with E-state index in [-0.39, 0.29) is 10.8 Å². The zero-order chi connectivity index (χ0) is 15.4. The smallest absolute Gasteiger partial charge is 0.146 e. The fourth-order valence-corrected chi connectivity index (χ4v) is 2.41. The van der Waals surface area contributed by atoms with Crippen molar-refractivity contribution in [2.24, 2.45) is 0 Å². The molecule has 0 aromatic heterocycles. The maximum atomic E-state index is 14.3. The highest BCUT2D eigenvalue weighted by molar-refractivity contribution is 6.30. The van der Waals surface area contributed by atoms with Crippen LogP contribution in [0.5, 0.6) is 0 Å². The average Bonchev–Trinajstić information content (AvgIpc) is 2.47. The number of benzene rings is 2. The summed E-state index contributed by atoms with van der Waals surface area (Å²) in [5, 5.41) is 3.32. The topological polar surface area (TPSA) is 12.0 Å². The Morgan fingerprint density at radius 1 is 1.19 bits per heavy atom. The van der Waals surface area contributed by atoms with E-state index in [2.05, 4.69) is 5.32 Å². The Hall–Kier alpha value is -1.45. The highest BCUT2D eigenvalue weighted by Gasteiger charge is 2.19. The van der Waals surface area contributed by atoms with Crippen molar-refractivity contribution in [1.29, 1.82) is 0 Å². The zero-order valence-electron chi connectivity index (χ0n) is 12.1. The van der Waals surface area contributed by atoms with Gasteiger partial charge in [-0.15, -0.1) is 0 Å². The minimum absolute atomic E-state index is 0.0726.